The molecular formula is C130H120N12+6. The van der Waals surface area contributed by atoms with Crippen molar-refractivity contribution in [2.24, 2.45) is 42.3 Å². The Morgan fingerprint density at radius 1 is 0.204 bits per heavy atom. The molecule has 0 atom stereocenters. The Labute approximate surface area is 828 Å². The van der Waals surface area contributed by atoms with E-state index in [1.54, 1.807) is 0 Å². The van der Waals surface area contributed by atoms with Crippen LogP contribution in [0.5, 0.6) is 0 Å². The predicted octanol–water partition coefficient (Wildman–Crippen LogP) is 28.5. The Morgan fingerprint density at radius 3 is 1.00 bits per heavy atom. The van der Waals surface area contributed by atoms with Crippen LogP contribution in [0.1, 0.15) is 86.5 Å². The molecule has 0 fully saturated rings. The highest BCUT2D eigenvalue weighted by Gasteiger charge is 2.28. The van der Waals surface area contributed by atoms with Gasteiger partial charge in [-0.2, -0.15) is 4.57 Å². The molecule has 0 saturated carbocycles. The first-order valence-corrected chi connectivity index (χ1v) is 49.6. The summed E-state index contributed by atoms with van der Waals surface area (Å²) in [5, 5.41) is 22.3. The molecule has 12 heteroatoms. The maximum atomic E-state index is 2.38. The summed E-state index contributed by atoms with van der Waals surface area (Å²) in [6, 6.07) is 123. The third-order valence-electron chi connectivity index (χ3n) is 29.8. The lowest BCUT2D eigenvalue weighted by Crippen LogP contribution is -2.34. The van der Waals surface area contributed by atoms with Crippen molar-refractivity contribution in [1.82, 2.24) is 27.1 Å². The number of nitrogens with zero attached hydrogens (tertiary/aromatic N) is 12. The number of rotatable bonds is 5. The van der Waals surface area contributed by atoms with Crippen molar-refractivity contribution in [3.63, 3.8) is 0 Å². The maximum absolute atomic E-state index is 2.38. The number of benzene rings is 15. The van der Waals surface area contributed by atoms with Crippen LogP contribution in [-0.2, 0) is 42.3 Å². The molecule has 12 heterocycles. The number of hydrogen-bond donors (Lipinski definition) is 0. The van der Waals surface area contributed by atoms with Crippen LogP contribution in [0.4, 0.5) is 0 Å². The average Bonchev–Trinajstić information content (AvgIpc) is 1.54. The molecule has 0 aliphatic heterocycles. The number of aromatic nitrogens is 12. The molecule has 27 aromatic rings. The minimum Gasteiger partial charge on any atom is -0.237 e. The highest BCUT2D eigenvalue weighted by Crippen LogP contribution is 2.43. The van der Waals surface area contributed by atoms with Crippen molar-refractivity contribution in [3.05, 3.63) is 444 Å². The first kappa shape index (κ1) is 90.4. The van der Waals surface area contributed by atoms with E-state index in [0.717, 1.165) is 0 Å². The van der Waals surface area contributed by atoms with Crippen molar-refractivity contribution >= 4 is 158 Å². The summed E-state index contributed by atoms with van der Waals surface area (Å²) in [7, 11) is 12.6. The van der Waals surface area contributed by atoms with Gasteiger partial charge in [0.1, 0.15) is 66.2 Å². The van der Waals surface area contributed by atoms with E-state index < -0.39 is 0 Å². The molecule has 0 aliphatic carbocycles. The number of hydrogen-bond acceptors (Lipinski definition) is 0. The fourth-order valence-electron chi connectivity index (χ4n) is 23.0. The topological polar surface area (TPSA) is 50.3 Å². The quantitative estimate of drug-likeness (QED) is 0.122. The Hall–Kier alpha value is -16.7. The zero-order valence-corrected chi connectivity index (χ0v) is 84.7. The first-order chi connectivity index (χ1) is 68.9. The molecule has 12 aromatic heterocycles. The Morgan fingerprint density at radius 2 is 0.535 bits per heavy atom. The second-order valence-electron chi connectivity index (χ2n) is 39.4. The third-order valence-corrected chi connectivity index (χ3v) is 29.8. The highest BCUT2D eigenvalue weighted by atomic mass is 15.4. The number of para-hydroxylation sites is 7. The van der Waals surface area contributed by atoms with E-state index >= 15 is 0 Å². The van der Waals surface area contributed by atoms with Gasteiger partial charge in [0, 0.05) is 95.0 Å². The van der Waals surface area contributed by atoms with Gasteiger partial charge in [-0.05, 0) is 234 Å². The fraction of sp³-hybridized carbons (Fsp3) is 0.154. The van der Waals surface area contributed by atoms with Gasteiger partial charge in [-0.3, -0.25) is 0 Å². The molecule has 0 unspecified atom stereocenters. The van der Waals surface area contributed by atoms with E-state index in [4.69, 9.17) is 0 Å². The second kappa shape index (κ2) is 36.3. The zero-order chi connectivity index (χ0) is 98.1. The molecular weight excluding hydrogens is 1730 g/mol. The van der Waals surface area contributed by atoms with E-state index in [2.05, 4.69) is 564 Å². The predicted molar refractivity (Wildman–Crippen MR) is 592 cm³/mol. The second-order valence-corrected chi connectivity index (χ2v) is 39.4. The van der Waals surface area contributed by atoms with Crippen LogP contribution >= 0.6 is 0 Å². The van der Waals surface area contributed by atoms with Crippen LogP contribution in [0.25, 0.3) is 197 Å². The van der Waals surface area contributed by atoms with Crippen molar-refractivity contribution in [2.45, 2.75) is 95.9 Å². The summed E-state index contributed by atoms with van der Waals surface area (Å²) in [6.45, 7) is 28.6. The molecule has 15 aromatic carbocycles. The summed E-state index contributed by atoms with van der Waals surface area (Å²) >= 11 is 0. The van der Waals surface area contributed by atoms with Crippen molar-refractivity contribution < 1.29 is 28.0 Å². The maximum Gasteiger partial charge on any atom is 0.286 e. The number of fused-ring (bicyclic) bond motifs is 33. The van der Waals surface area contributed by atoms with Crippen molar-refractivity contribution in [2.75, 3.05) is 0 Å². The van der Waals surface area contributed by atoms with Gasteiger partial charge in [0.05, 0.1) is 18.8 Å². The molecule has 0 bridgehead atoms. The minimum atomic E-state index is 0.545. The van der Waals surface area contributed by atoms with Crippen LogP contribution in [0.3, 0.4) is 0 Å². The van der Waals surface area contributed by atoms with Gasteiger partial charge in [-0.25, -0.2) is 4.57 Å². The molecule has 0 N–H and O–H groups in total. The van der Waals surface area contributed by atoms with Gasteiger partial charge in [0.15, 0.2) is 60.0 Å². The van der Waals surface area contributed by atoms with E-state index in [9.17, 15) is 0 Å². The summed E-state index contributed by atoms with van der Waals surface area (Å²) in [6.07, 6.45) is 12.9. The Bertz CT molecular complexity index is 9770. The number of pyridine rings is 6. The number of aryl methyl sites for hydroxylation is 17. The first-order valence-electron chi connectivity index (χ1n) is 49.6. The highest BCUT2D eigenvalue weighted by molar-refractivity contribution is 6.19. The fourth-order valence-corrected chi connectivity index (χ4v) is 23.0. The van der Waals surface area contributed by atoms with Crippen LogP contribution < -0.4 is 28.0 Å². The SMILES string of the molecule is Cc1ccc2c(c1)c1cccc(C)c1n1c2cc[n+]1C.Cc1cccc(C)c1-c1c[n+](C)n2c3c(C)cccc3c3ccccc3c12.Cc1cccc(C)c1-c1ccc2c(c1)c1cccc(C)c1n1c2cc[n+]1C.Cc1cccc2c3cc(-c4ccccc4)ccc3c3cc[n+](C)n3c12.Cc1cccc2c3cc(C(C)C)ccc3c3cc[n+](C)n3c12.Cc1cccc2c3ccccc3n(-c3cccc[n+]3C)c12. The largest absolute Gasteiger partial charge is 0.286 e. The van der Waals surface area contributed by atoms with Crippen molar-refractivity contribution in [1.29, 1.82) is 0 Å². The summed E-state index contributed by atoms with van der Waals surface area (Å²) < 4.78 is 27.1. The van der Waals surface area contributed by atoms with Gasteiger partial charge in [0.25, 0.3) is 5.82 Å². The van der Waals surface area contributed by atoms with Crippen LogP contribution in [0, 0.1) is 76.2 Å². The van der Waals surface area contributed by atoms with Gasteiger partial charge in [-0.1, -0.05) is 292 Å². The van der Waals surface area contributed by atoms with Gasteiger partial charge in [0.2, 0.25) is 6.20 Å². The van der Waals surface area contributed by atoms with E-state index in [1.807, 2.05) is 0 Å². The van der Waals surface area contributed by atoms with E-state index in [0.29, 0.717) is 5.92 Å². The van der Waals surface area contributed by atoms with Crippen LogP contribution in [0.15, 0.2) is 377 Å². The molecule has 27 rings (SSSR count). The lowest BCUT2D eigenvalue weighted by molar-refractivity contribution is -0.735. The average molecular weight is 1850 g/mol. The Kier molecular flexibility index (Phi) is 23.1. The molecule has 694 valence electrons. The monoisotopic (exact) mass is 1850 g/mol. The lowest BCUT2D eigenvalue weighted by atomic mass is 9.93. The third kappa shape index (κ3) is 15.2. The molecule has 0 saturated heterocycles. The van der Waals surface area contributed by atoms with Crippen LogP contribution in [-0.4, -0.2) is 27.1 Å². The van der Waals surface area contributed by atoms with E-state index in [-0.39, 0.29) is 0 Å². The molecule has 0 spiro atoms. The molecule has 0 aliphatic rings. The molecule has 0 amide bonds. The Balaban J connectivity index is 0.0000000980. The standard InChI is InChI=1S/2C25H23N2.C23H19N2.C20H21N2.C19H17N2.C18H17N2/c1-16-7-5-8-17(2)24(16)19-11-12-20-22(15-19)21-10-6-9-18(3)25(21)27-23(20)13-14-26(27)4;1-16-9-7-10-17(2)23(16)22-15-26(4)27-24-18(3)11-8-14-20(24)19-12-5-6-13-21(19)25(22)27;1-16-7-6-10-20-21-15-18(17-8-4-3-5-9-17)11-12-19(21)22-13-14-24(2)25(22)23(16)20;1-13(2)15-8-9-16-18(12-15)17-7-5-6-14(3)20(17)22-19(16)10-11-21(22)4;1-14-8-7-10-16-15-9-3-4-11-17(15)21(19(14)16)18-12-5-6-13-20(18)2;1-12-7-8-14-16(11-12)15-6-4-5-13(2)18(15)20-17(14)9-10-19(20)3/h2*5-15H,1-4H3;3-15H,1-2H3;5-13H,1-4H3;3-13H,1-2H3;4-11H,1-3H3/q6*+1. The van der Waals surface area contributed by atoms with Crippen molar-refractivity contribution in [3.8, 4) is 39.2 Å². The minimum absolute atomic E-state index is 0.545. The normalized spacial score (nSPS) is 11.7. The summed E-state index contributed by atoms with van der Waals surface area (Å²) in [4.78, 5) is 0. The molecule has 142 heavy (non-hydrogen) atoms. The van der Waals surface area contributed by atoms with Gasteiger partial charge in [-0.15, -0.1) is 46.0 Å². The molecule has 12 nitrogen and oxygen atoms in total. The summed E-state index contributed by atoms with van der Waals surface area (Å²) in [5.74, 6) is 1.72. The smallest absolute Gasteiger partial charge is 0.237 e. The van der Waals surface area contributed by atoms with Gasteiger partial charge >= 0.3 is 0 Å². The van der Waals surface area contributed by atoms with E-state index in [1.165, 1.54) is 264 Å². The lowest BCUT2D eigenvalue weighted by Gasteiger charge is -2.13. The van der Waals surface area contributed by atoms with Crippen LogP contribution in [0.2, 0.25) is 0 Å². The zero-order valence-electron chi connectivity index (χ0n) is 84.7. The summed E-state index contributed by atoms with van der Waals surface area (Å²) in [5.41, 5.74) is 38.9. The van der Waals surface area contributed by atoms with Gasteiger partial charge < -0.3 is 0 Å². The molecule has 0 radical (unpaired) electrons.